The lowest BCUT2D eigenvalue weighted by molar-refractivity contribution is -0.141. The second kappa shape index (κ2) is 6.07. The minimum Gasteiger partial charge on any atom is -0.433 e. The van der Waals surface area contributed by atoms with Crippen LogP contribution in [0.2, 0.25) is 0 Å². The Morgan fingerprint density at radius 1 is 1.56 bits per heavy atom. The van der Waals surface area contributed by atoms with E-state index in [2.05, 4.69) is 5.32 Å². The van der Waals surface area contributed by atoms with Gasteiger partial charge in [-0.1, -0.05) is 6.07 Å². The van der Waals surface area contributed by atoms with Crippen molar-refractivity contribution in [1.29, 1.82) is 0 Å². The normalized spacial score (nSPS) is 12.4. The fourth-order valence-electron chi connectivity index (χ4n) is 1.02. The fourth-order valence-corrected chi connectivity index (χ4v) is 1.63. The Kier molecular flexibility index (Phi) is 4.72. The van der Waals surface area contributed by atoms with Crippen molar-refractivity contribution in [3.63, 3.8) is 0 Å². The van der Waals surface area contributed by atoms with Gasteiger partial charge < -0.3 is 10.1 Å². The molecule has 1 rings (SSSR count). The first-order chi connectivity index (χ1) is 7.59. The first kappa shape index (κ1) is 12.4. The first-order valence-corrected chi connectivity index (χ1v) is 5.65. The smallest absolute Gasteiger partial charge is 0.333 e. The molecule has 1 unspecified atom stereocenters. The van der Waals surface area contributed by atoms with Gasteiger partial charge in [0.2, 0.25) is 5.91 Å². The van der Waals surface area contributed by atoms with Crippen LogP contribution in [0, 0.1) is 0 Å². The molecule has 0 aromatic carbocycles. The minimum atomic E-state index is -0.634. The zero-order valence-corrected chi connectivity index (χ0v) is 9.91. The largest absolute Gasteiger partial charge is 0.433 e. The van der Waals surface area contributed by atoms with E-state index in [4.69, 9.17) is 4.74 Å². The van der Waals surface area contributed by atoms with Crippen molar-refractivity contribution in [2.75, 3.05) is 0 Å². The highest BCUT2D eigenvalue weighted by Gasteiger charge is 2.13. The average Bonchev–Trinajstić information content (AvgIpc) is 2.69. The maximum atomic E-state index is 11.3. The van der Waals surface area contributed by atoms with Crippen molar-refractivity contribution in [2.45, 2.75) is 19.9 Å². The Bertz CT molecular complexity index is 384. The fraction of sp³-hybridized carbons (Fsp3) is 0.273. The van der Waals surface area contributed by atoms with E-state index in [0.717, 1.165) is 4.88 Å². The van der Waals surface area contributed by atoms with Crippen molar-refractivity contribution in [1.82, 2.24) is 5.32 Å². The molecule has 0 aliphatic carbocycles. The van der Waals surface area contributed by atoms with E-state index in [-0.39, 0.29) is 5.91 Å². The summed E-state index contributed by atoms with van der Waals surface area (Å²) in [6.45, 7) is 2.92. The van der Waals surface area contributed by atoms with Gasteiger partial charge in [0.05, 0.1) is 6.26 Å². The van der Waals surface area contributed by atoms with E-state index < -0.39 is 12.0 Å². The van der Waals surface area contributed by atoms with Crippen LogP contribution < -0.4 is 5.32 Å². The third-order valence-electron chi connectivity index (χ3n) is 1.73. The van der Waals surface area contributed by atoms with Gasteiger partial charge in [0.15, 0.2) is 0 Å². The van der Waals surface area contributed by atoms with Gasteiger partial charge in [-0.2, -0.15) is 0 Å². The molecule has 0 aliphatic rings. The molecular formula is C11H13NO3S. The summed E-state index contributed by atoms with van der Waals surface area (Å²) in [5.41, 5.74) is 0. The highest BCUT2D eigenvalue weighted by atomic mass is 32.1. The molecule has 0 saturated carbocycles. The highest BCUT2D eigenvalue weighted by Crippen LogP contribution is 2.10. The highest BCUT2D eigenvalue weighted by molar-refractivity contribution is 7.10. The summed E-state index contributed by atoms with van der Waals surface area (Å²) >= 11 is 1.55. The van der Waals surface area contributed by atoms with Crippen LogP contribution in [0.15, 0.2) is 23.8 Å². The number of amides is 1. The third kappa shape index (κ3) is 4.27. The number of carbonyl (C=O) groups is 2. The number of hydrogen-bond acceptors (Lipinski definition) is 4. The SMILES string of the molecule is CC(=O)NC(C)C(=O)O/C=C/c1cccs1. The van der Waals surface area contributed by atoms with Crippen LogP contribution in [0.4, 0.5) is 0 Å². The standard InChI is InChI=1S/C11H13NO3S/c1-8(12-9(2)13)11(14)15-6-5-10-4-3-7-16-10/h3-8H,1-2H3,(H,12,13)/b6-5+. The Hall–Kier alpha value is -1.62. The zero-order chi connectivity index (χ0) is 12.0. The molecule has 1 aromatic heterocycles. The van der Waals surface area contributed by atoms with Gasteiger partial charge in [-0.25, -0.2) is 4.79 Å². The molecule has 0 aliphatic heterocycles. The lowest BCUT2D eigenvalue weighted by Gasteiger charge is -2.08. The summed E-state index contributed by atoms with van der Waals surface area (Å²) in [6, 6.07) is 3.18. The first-order valence-electron chi connectivity index (χ1n) is 4.77. The van der Waals surface area contributed by atoms with Gasteiger partial charge in [0.1, 0.15) is 6.04 Å². The maximum Gasteiger partial charge on any atom is 0.333 e. The number of ether oxygens (including phenoxy) is 1. The minimum absolute atomic E-state index is 0.258. The molecule has 1 N–H and O–H groups in total. The second-order valence-electron chi connectivity index (χ2n) is 3.18. The van der Waals surface area contributed by atoms with Crippen LogP contribution in [0.5, 0.6) is 0 Å². The Labute approximate surface area is 97.9 Å². The van der Waals surface area contributed by atoms with E-state index in [1.165, 1.54) is 13.2 Å². The Morgan fingerprint density at radius 3 is 2.88 bits per heavy atom. The number of nitrogens with one attached hydrogen (secondary N) is 1. The molecule has 5 heteroatoms. The van der Waals surface area contributed by atoms with Crippen LogP contribution in [0.3, 0.4) is 0 Å². The number of rotatable bonds is 4. The molecule has 0 fully saturated rings. The zero-order valence-electron chi connectivity index (χ0n) is 9.10. The summed E-state index contributed by atoms with van der Waals surface area (Å²) in [4.78, 5) is 23.0. The monoisotopic (exact) mass is 239 g/mol. The number of carbonyl (C=O) groups excluding carboxylic acids is 2. The topological polar surface area (TPSA) is 55.4 Å². The molecule has 16 heavy (non-hydrogen) atoms. The van der Waals surface area contributed by atoms with Crippen LogP contribution in [0.25, 0.3) is 6.08 Å². The van der Waals surface area contributed by atoms with Crippen molar-refractivity contribution in [3.05, 3.63) is 28.7 Å². The van der Waals surface area contributed by atoms with E-state index in [1.807, 2.05) is 17.5 Å². The second-order valence-corrected chi connectivity index (χ2v) is 4.16. The van der Waals surface area contributed by atoms with E-state index in [0.29, 0.717) is 0 Å². The van der Waals surface area contributed by atoms with Crippen LogP contribution >= 0.6 is 11.3 Å². The van der Waals surface area contributed by atoms with E-state index in [1.54, 1.807) is 24.3 Å². The molecule has 0 spiro atoms. The van der Waals surface area contributed by atoms with Crippen molar-refractivity contribution in [2.24, 2.45) is 0 Å². The van der Waals surface area contributed by atoms with Crippen molar-refractivity contribution in [3.8, 4) is 0 Å². The maximum absolute atomic E-state index is 11.3. The summed E-state index contributed by atoms with van der Waals surface area (Å²) in [6.07, 6.45) is 3.02. The summed E-state index contributed by atoms with van der Waals surface area (Å²) < 4.78 is 4.85. The van der Waals surface area contributed by atoms with Gasteiger partial charge in [-0.3, -0.25) is 4.79 Å². The number of thiophene rings is 1. The van der Waals surface area contributed by atoms with Gasteiger partial charge in [-0.15, -0.1) is 11.3 Å². The van der Waals surface area contributed by atoms with Gasteiger partial charge in [0, 0.05) is 11.8 Å². The number of hydrogen-bond donors (Lipinski definition) is 1. The summed E-state index contributed by atoms with van der Waals surface area (Å²) in [5, 5.41) is 4.37. The molecule has 1 amide bonds. The van der Waals surface area contributed by atoms with Crippen LogP contribution in [-0.4, -0.2) is 17.9 Å². The van der Waals surface area contributed by atoms with Crippen LogP contribution in [0.1, 0.15) is 18.7 Å². The molecule has 0 radical (unpaired) electrons. The van der Waals surface area contributed by atoms with Crippen LogP contribution in [-0.2, 0) is 14.3 Å². The van der Waals surface area contributed by atoms with E-state index >= 15 is 0 Å². The van der Waals surface area contributed by atoms with Gasteiger partial charge >= 0.3 is 5.97 Å². The average molecular weight is 239 g/mol. The van der Waals surface area contributed by atoms with Crippen molar-refractivity contribution >= 4 is 29.3 Å². The molecule has 86 valence electrons. The molecule has 4 nitrogen and oxygen atoms in total. The molecule has 0 saturated heterocycles. The predicted octanol–water partition coefficient (Wildman–Crippen LogP) is 1.79. The molecule has 1 atom stereocenters. The lowest BCUT2D eigenvalue weighted by Crippen LogP contribution is -2.37. The van der Waals surface area contributed by atoms with Gasteiger partial charge in [0.25, 0.3) is 0 Å². The molecule has 1 aromatic rings. The van der Waals surface area contributed by atoms with Crippen molar-refractivity contribution < 1.29 is 14.3 Å². The molecular weight excluding hydrogens is 226 g/mol. The lowest BCUT2D eigenvalue weighted by atomic mass is 10.3. The van der Waals surface area contributed by atoms with Gasteiger partial charge in [-0.05, 0) is 24.4 Å². The third-order valence-corrected chi connectivity index (χ3v) is 2.57. The molecule has 0 bridgehead atoms. The quantitative estimate of drug-likeness (QED) is 0.643. The Morgan fingerprint density at radius 2 is 2.31 bits per heavy atom. The summed E-state index contributed by atoms with van der Waals surface area (Å²) in [5.74, 6) is -0.741. The predicted molar refractivity (Wildman–Crippen MR) is 62.7 cm³/mol. The Balaban J connectivity index is 2.37. The summed E-state index contributed by atoms with van der Waals surface area (Å²) in [7, 11) is 0. The van der Waals surface area contributed by atoms with E-state index in [9.17, 15) is 9.59 Å². The molecule has 1 heterocycles. The number of esters is 1.